The molecule has 0 aliphatic heterocycles. The molecule has 4 aromatic rings. The standard InChI is InChI=1S/C28H26FN3O5S2/c1-20-8-9-21(2)27(18-20)31-38(34,35)25-16-12-23(13-17-25)30-28(33)19-32(24-14-10-22(29)11-15-24)39(36,37)26-6-4-3-5-7-26/h3-18,31H,19H2,1-2H3,(H,30,33). The molecule has 0 unspecified atom stereocenters. The molecule has 0 bridgehead atoms. The van der Waals surface area contributed by atoms with Gasteiger partial charge in [0.15, 0.2) is 0 Å². The summed E-state index contributed by atoms with van der Waals surface area (Å²) in [6, 6.07) is 23.2. The molecule has 1 amide bonds. The smallest absolute Gasteiger partial charge is 0.264 e. The molecule has 39 heavy (non-hydrogen) atoms. The summed E-state index contributed by atoms with van der Waals surface area (Å²) in [6.07, 6.45) is 0. The number of nitrogens with one attached hydrogen (secondary N) is 2. The summed E-state index contributed by atoms with van der Waals surface area (Å²) < 4.78 is 69.4. The molecule has 0 heterocycles. The predicted molar refractivity (Wildman–Crippen MR) is 149 cm³/mol. The van der Waals surface area contributed by atoms with Crippen LogP contribution in [-0.4, -0.2) is 29.3 Å². The Morgan fingerprint density at radius 3 is 2.08 bits per heavy atom. The van der Waals surface area contributed by atoms with Crippen LogP contribution in [-0.2, 0) is 24.8 Å². The van der Waals surface area contributed by atoms with E-state index in [1.165, 1.54) is 48.5 Å². The van der Waals surface area contributed by atoms with Crippen molar-refractivity contribution in [2.45, 2.75) is 23.6 Å². The van der Waals surface area contributed by atoms with Crippen LogP contribution >= 0.6 is 0 Å². The number of sulfonamides is 2. The number of nitrogens with zero attached hydrogens (tertiary/aromatic N) is 1. The fourth-order valence-electron chi connectivity index (χ4n) is 3.74. The summed E-state index contributed by atoms with van der Waals surface area (Å²) in [5, 5.41) is 2.59. The van der Waals surface area contributed by atoms with Crippen LogP contribution in [0.5, 0.6) is 0 Å². The second-order valence-corrected chi connectivity index (χ2v) is 12.3. The van der Waals surface area contributed by atoms with Crippen molar-refractivity contribution in [1.82, 2.24) is 0 Å². The fraction of sp³-hybridized carbons (Fsp3) is 0.107. The first-order chi connectivity index (χ1) is 18.5. The largest absolute Gasteiger partial charge is 0.325 e. The lowest BCUT2D eigenvalue weighted by Gasteiger charge is -2.24. The number of anilines is 3. The maximum absolute atomic E-state index is 13.5. The van der Waals surface area contributed by atoms with Gasteiger partial charge in [-0.1, -0.05) is 30.3 Å². The van der Waals surface area contributed by atoms with E-state index < -0.39 is 38.3 Å². The molecule has 0 spiro atoms. The van der Waals surface area contributed by atoms with Crippen LogP contribution in [0.1, 0.15) is 11.1 Å². The predicted octanol–water partition coefficient (Wildman–Crippen LogP) is 5.08. The molecule has 0 fully saturated rings. The summed E-state index contributed by atoms with van der Waals surface area (Å²) in [5.41, 5.74) is 2.51. The van der Waals surface area contributed by atoms with E-state index in [0.29, 0.717) is 5.69 Å². The van der Waals surface area contributed by atoms with E-state index in [9.17, 15) is 26.0 Å². The van der Waals surface area contributed by atoms with Crippen molar-refractivity contribution in [2.75, 3.05) is 20.9 Å². The lowest BCUT2D eigenvalue weighted by molar-refractivity contribution is -0.114. The number of carbonyl (C=O) groups is 1. The van der Waals surface area contributed by atoms with Crippen molar-refractivity contribution in [3.8, 4) is 0 Å². The molecule has 11 heteroatoms. The van der Waals surface area contributed by atoms with Crippen LogP contribution < -0.4 is 14.3 Å². The fourth-order valence-corrected chi connectivity index (χ4v) is 6.30. The number of hydrogen-bond donors (Lipinski definition) is 2. The highest BCUT2D eigenvalue weighted by Crippen LogP contribution is 2.25. The third-order valence-corrected chi connectivity index (χ3v) is 8.99. The summed E-state index contributed by atoms with van der Waals surface area (Å²) in [5.74, 6) is -1.23. The summed E-state index contributed by atoms with van der Waals surface area (Å²) >= 11 is 0. The minimum Gasteiger partial charge on any atom is -0.325 e. The average Bonchev–Trinajstić information content (AvgIpc) is 2.90. The maximum Gasteiger partial charge on any atom is 0.264 e. The van der Waals surface area contributed by atoms with Crippen molar-refractivity contribution >= 4 is 43.0 Å². The number of carbonyl (C=O) groups excluding carboxylic acids is 1. The van der Waals surface area contributed by atoms with Crippen LogP contribution in [0.2, 0.25) is 0 Å². The Kier molecular flexibility index (Phi) is 8.03. The normalized spacial score (nSPS) is 11.6. The number of hydrogen-bond acceptors (Lipinski definition) is 5. The highest BCUT2D eigenvalue weighted by molar-refractivity contribution is 7.93. The van der Waals surface area contributed by atoms with Crippen LogP contribution in [0.25, 0.3) is 0 Å². The molecular formula is C28H26FN3O5S2. The van der Waals surface area contributed by atoms with Crippen molar-refractivity contribution < 1.29 is 26.0 Å². The van der Waals surface area contributed by atoms with E-state index in [1.807, 2.05) is 19.1 Å². The summed E-state index contributed by atoms with van der Waals surface area (Å²) in [6.45, 7) is 3.05. The summed E-state index contributed by atoms with van der Waals surface area (Å²) in [4.78, 5) is 12.9. The Hall–Kier alpha value is -4.22. The molecule has 0 atom stereocenters. The second-order valence-electron chi connectivity index (χ2n) is 8.80. The lowest BCUT2D eigenvalue weighted by atomic mass is 10.1. The van der Waals surface area contributed by atoms with Crippen LogP contribution in [0.15, 0.2) is 107 Å². The zero-order valence-electron chi connectivity index (χ0n) is 21.1. The minimum absolute atomic E-state index is 0.0130. The van der Waals surface area contributed by atoms with E-state index in [1.54, 1.807) is 31.2 Å². The van der Waals surface area contributed by atoms with Gasteiger partial charge in [0.25, 0.3) is 20.0 Å². The Morgan fingerprint density at radius 1 is 0.795 bits per heavy atom. The van der Waals surface area contributed by atoms with Gasteiger partial charge in [-0.3, -0.25) is 13.8 Å². The SMILES string of the molecule is Cc1ccc(C)c(NS(=O)(=O)c2ccc(NC(=O)CN(c3ccc(F)cc3)S(=O)(=O)c3ccccc3)cc2)c1. The van der Waals surface area contributed by atoms with Crippen LogP contribution in [0, 0.1) is 19.7 Å². The van der Waals surface area contributed by atoms with Gasteiger partial charge in [0.1, 0.15) is 12.4 Å². The zero-order valence-corrected chi connectivity index (χ0v) is 22.8. The van der Waals surface area contributed by atoms with E-state index in [0.717, 1.165) is 27.6 Å². The topological polar surface area (TPSA) is 113 Å². The zero-order chi connectivity index (χ0) is 28.2. The van der Waals surface area contributed by atoms with Gasteiger partial charge in [-0.05, 0) is 91.7 Å². The van der Waals surface area contributed by atoms with Crippen molar-refractivity contribution in [2.24, 2.45) is 0 Å². The first kappa shape index (κ1) is 27.8. The number of halogens is 1. The Labute approximate surface area is 227 Å². The van der Waals surface area contributed by atoms with Crippen molar-refractivity contribution in [3.63, 3.8) is 0 Å². The molecule has 4 rings (SSSR count). The van der Waals surface area contributed by atoms with Crippen molar-refractivity contribution in [3.05, 3.63) is 114 Å². The van der Waals surface area contributed by atoms with Gasteiger partial charge in [-0.25, -0.2) is 21.2 Å². The van der Waals surface area contributed by atoms with Crippen LogP contribution in [0.3, 0.4) is 0 Å². The molecule has 0 aromatic heterocycles. The van der Waals surface area contributed by atoms with E-state index in [-0.39, 0.29) is 21.2 Å². The Morgan fingerprint density at radius 2 is 1.44 bits per heavy atom. The quantitative estimate of drug-likeness (QED) is 0.293. The number of rotatable bonds is 9. The molecule has 2 N–H and O–H groups in total. The summed E-state index contributed by atoms with van der Waals surface area (Å²) in [7, 11) is -8.04. The number of benzene rings is 4. The third-order valence-electron chi connectivity index (χ3n) is 5.82. The molecule has 8 nitrogen and oxygen atoms in total. The highest BCUT2D eigenvalue weighted by Gasteiger charge is 2.27. The van der Waals surface area contributed by atoms with Gasteiger partial charge in [0, 0.05) is 5.69 Å². The van der Waals surface area contributed by atoms with Gasteiger partial charge in [0.05, 0.1) is 21.2 Å². The molecule has 4 aromatic carbocycles. The maximum atomic E-state index is 13.5. The Balaban J connectivity index is 1.52. The van der Waals surface area contributed by atoms with Crippen molar-refractivity contribution in [1.29, 1.82) is 0 Å². The van der Waals surface area contributed by atoms with Gasteiger partial charge in [0.2, 0.25) is 5.91 Å². The van der Waals surface area contributed by atoms with E-state index >= 15 is 0 Å². The molecule has 0 saturated heterocycles. The minimum atomic E-state index is -4.15. The average molecular weight is 568 g/mol. The van der Waals surface area contributed by atoms with E-state index in [2.05, 4.69) is 10.0 Å². The Bertz CT molecular complexity index is 1690. The van der Waals surface area contributed by atoms with Gasteiger partial charge in [-0.15, -0.1) is 0 Å². The third kappa shape index (κ3) is 6.62. The molecule has 0 radical (unpaired) electrons. The molecule has 0 aliphatic rings. The van der Waals surface area contributed by atoms with Gasteiger partial charge in [-0.2, -0.15) is 0 Å². The van der Waals surface area contributed by atoms with E-state index in [4.69, 9.17) is 0 Å². The molecule has 0 aliphatic carbocycles. The second kappa shape index (κ2) is 11.3. The number of amides is 1. The molecular weight excluding hydrogens is 541 g/mol. The monoisotopic (exact) mass is 567 g/mol. The first-order valence-electron chi connectivity index (χ1n) is 11.8. The van der Waals surface area contributed by atoms with Gasteiger partial charge >= 0.3 is 0 Å². The first-order valence-corrected chi connectivity index (χ1v) is 14.7. The number of aryl methyl sites for hydroxylation is 2. The molecule has 0 saturated carbocycles. The molecule has 202 valence electrons. The van der Waals surface area contributed by atoms with Gasteiger partial charge < -0.3 is 5.32 Å². The van der Waals surface area contributed by atoms with Crippen LogP contribution in [0.4, 0.5) is 21.5 Å². The lowest BCUT2D eigenvalue weighted by Crippen LogP contribution is -2.38. The highest BCUT2D eigenvalue weighted by atomic mass is 32.2.